The van der Waals surface area contributed by atoms with E-state index in [9.17, 15) is 8.42 Å². The Morgan fingerprint density at radius 3 is 2.77 bits per heavy atom. The Bertz CT molecular complexity index is 946. The number of aromatic nitrogens is 3. The van der Waals surface area contributed by atoms with E-state index >= 15 is 0 Å². The van der Waals surface area contributed by atoms with Crippen LogP contribution in [0.4, 0.5) is 5.82 Å². The molecular formula is C17H19N5O2S2. The molecule has 0 amide bonds. The quantitative estimate of drug-likeness (QED) is 0.700. The van der Waals surface area contributed by atoms with Crippen LogP contribution in [0.5, 0.6) is 0 Å². The Morgan fingerprint density at radius 1 is 1.23 bits per heavy atom. The van der Waals surface area contributed by atoms with Crippen molar-refractivity contribution in [3.8, 4) is 10.6 Å². The number of aromatic amines is 1. The van der Waals surface area contributed by atoms with Crippen LogP contribution in [0.3, 0.4) is 0 Å². The third-order valence-corrected chi connectivity index (χ3v) is 6.85. The zero-order valence-electron chi connectivity index (χ0n) is 14.0. The fourth-order valence-corrected chi connectivity index (χ4v) is 5.01. The van der Waals surface area contributed by atoms with Gasteiger partial charge >= 0.3 is 0 Å². The van der Waals surface area contributed by atoms with Gasteiger partial charge in [0.25, 0.3) is 0 Å². The first-order valence-electron chi connectivity index (χ1n) is 8.38. The van der Waals surface area contributed by atoms with Crippen LogP contribution in [0.25, 0.3) is 10.6 Å². The molecule has 9 heteroatoms. The van der Waals surface area contributed by atoms with Crippen LogP contribution in [0.2, 0.25) is 0 Å². The van der Waals surface area contributed by atoms with Crippen LogP contribution in [-0.2, 0) is 10.0 Å². The smallest absolute Gasteiger partial charge is 0.242 e. The third kappa shape index (κ3) is 3.64. The van der Waals surface area contributed by atoms with Gasteiger partial charge in [-0.15, -0.1) is 11.3 Å². The maximum absolute atomic E-state index is 12.4. The number of H-pyrrole nitrogens is 1. The van der Waals surface area contributed by atoms with E-state index in [1.54, 1.807) is 29.7 Å². The molecule has 2 N–H and O–H groups in total. The predicted molar refractivity (Wildman–Crippen MR) is 102 cm³/mol. The van der Waals surface area contributed by atoms with Crippen LogP contribution < -0.4 is 9.62 Å². The van der Waals surface area contributed by atoms with Gasteiger partial charge in [-0.1, -0.05) is 6.07 Å². The molecule has 1 saturated heterocycles. The second-order valence-electron chi connectivity index (χ2n) is 6.19. The highest BCUT2D eigenvalue weighted by Gasteiger charge is 2.25. The van der Waals surface area contributed by atoms with Crippen molar-refractivity contribution in [2.75, 3.05) is 18.0 Å². The highest BCUT2D eigenvalue weighted by atomic mass is 32.2. The van der Waals surface area contributed by atoms with E-state index in [1.165, 1.54) is 6.20 Å². The Labute approximate surface area is 156 Å². The van der Waals surface area contributed by atoms with E-state index in [-0.39, 0.29) is 10.9 Å². The van der Waals surface area contributed by atoms with Gasteiger partial charge in [-0.05, 0) is 36.4 Å². The van der Waals surface area contributed by atoms with E-state index in [0.29, 0.717) is 0 Å². The molecule has 0 spiro atoms. The summed E-state index contributed by atoms with van der Waals surface area (Å²) in [5, 5.41) is 9.52. The molecule has 0 atom stereocenters. The molecule has 1 aliphatic heterocycles. The zero-order valence-corrected chi connectivity index (χ0v) is 15.6. The number of sulfonamides is 1. The van der Waals surface area contributed by atoms with E-state index < -0.39 is 10.0 Å². The molecule has 4 heterocycles. The van der Waals surface area contributed by atoms with Crippen molar-refractivity contribution < 1.29 is 8.42 Å². The van der Waals surface area contributed by atoms with E-state index in [2.05, 4.69) is 30.9 Å². The fourth-order valence-electron chi connectivity index (χ4n) is 3.05. The summed E-state index contributed by atoms with van der Waals surface area (Å²) in [6, 6.07) is 9.22. The molecule has 0 aromatic carbocycles. The van der Waals surface area contributed by atoms with Crippen molar-refractivity contribution in [3.63, 3.8) is 0 Å². The van der Waals surface area contributed by atoms with Gasteiger partial charge in [0.1, 0.15) is 4.90 Å². The van der Waals surface area contributed by atoms with E-state index in [0.717, 1.165) is 42.3 Å². The molecule has 0 bridgehead atoms. The molecule has 3 aromatic heterocycles. The van der Waals surface area contributed by atoms with Crippen LogP contribution in [0, 0.1) is 0 Å². The molecule has 136 valence electrons. The van der Waals surface area contributed by atoms with Gasteiger partial charge < -0.3 is 4.90 Å². The van der Waals surface area contributed by atoms with Gasteiger partial charge in [-0.2, -0.15) is 5.10 Å². The summed E-state index contributed by atoms with van der Waals surface area (Å²) in [6.07, 6.45) is 4.40. The number of nitrogens with one attached hydrogen (secondary N) is 2. The molecular weight excluding hydrogens is 370 g/mol. The third-order valence-electron chi connectivity index (χ3n) is 4.44. The topological polar surface area (TPSA) is 91.0 Å². The molecule has 0 unspecified atom stereocenters. The lowest BCUT2D eigenvalue weighted by atomic mass is 10.1. The molecule has 1 aliphatic rings. The van der Waals surface area contributed by atoms with Crippen LogP contribution in [-0.4, -0.2) is 42.7 Å². The number of hydrogen-bond donors (Lipinski definition) is 2. The number of thiophene rings is 1. The van der Waals surface area contributed by atoms with Crippen molar-refractivity contribution in [1.82, 2.24) is 19.9 Å². The minimum Gasteiger partial charge on any atom is -0.355 e. The first-order chi connectivity index (χ1) is 12.6. The number of anilines is 1. The second kappa shape index (κ2) is 7.18. The lowest BCUT2D eigenvalue weighted by molar-refractivity contribution is 0.458. The normalized spacial score (nSPS) is 16.1. The number of pyridine rings is 1. The minimum atomic E-state index is -3.52. The summed E-state index contributed by atoms with van der Waals surface area (Å²) < 4.78 is 27.6. The average Bonchev–Trinajstić information content (AvgIpc) is 3.34. The highest BCUT2D eigenvalue weighted by molar-refractivity contribution is 7.89. The van der Waals surface area contributed by atoms with Gasteiger partial charge in [-0.25, -0.2) is 13.1 Å². The van der Waals surface area contributed by atoms with Gasteiger partial charge in [-0.3, -0.25) is 10.1 Å². The van der Waals surface area contributed by atoms with Crippen LogP contribution in [0.15, 0.2) is 53.0 Å². The molecule has 0 saturated carbocycles. The van der Waals surface area contributed by atoms with Crippen LogP contribution in [0.1, 0.15) is 12.8 Å². The molecule has 0 aliphatic carbocycles. The standard InChI is InChI=1S/C17H19N5O2S2/c23-26(24,14-3-1-7-18-12-14)21-13-5-8-22(9-6-13)17-11-15(19-20-17)16-4-2-10-25-16/h1-4,7,10-13,21H,5-6,8-9H2,(H,19,20). The highest BCUT2D eigenvalue weighted by Crippen LogP contribution is 2.27. The number of nitrogens with zero attached hydrogens (tertiary/aromatic N) is 3. The Hall–Kier alpha value is -2.23. The van der Waals surface area contributed by atoms with Crippen LogP contribution >= 0.6 is 11.3 Å². The minimum absolute atomic E-state index is 0.0767. The fraction of sp³-hybridized carbons (Fsp3) is 0.294. The SMILES string of the molecule is O=S(=O)(NC1CCN(c2cc(-c3cccs3)[nH]n2)CC1)c1cccnc1. The van der Waals surface area contributed by atoms with Crippen molar-refractivity contribution in [2.45, 2.75) is 23.8 Å². The Balaban J connectivity index is 1.37. The Morgan fingerprint density at radius 2 is 2.08 bits per heavy atom. The summed E-state index contributed by atoms with van der Waals surface area (Å²) in [6.45, 7) is 1.52. The maximum Gasteiger partial charge on any atom is 0.242 e. The van der Waals surface area contributed by atoms with Crippen molar-refractivity contribution in [3.05, 3.63) is 48.1 Å². The predicted octanol–water partition coefficient (Wildman–Crippen LogP) is 2.48. The number of piperidine rings is 1. The van der Waals surface area contributed by atoms with E-state index in [4.69, 9.17) is 0 Å². The van der Waals surface area contributed by atoms with Gasteiger partial charge in [0.2, 0.25) is 10.0 Å². The summed E-state index contributed by atoms with van der Waals surface area (Å²) in [7, 11) is -3.52. The van der Waals surface area contributed by atoms with E-state index in [1.807, 2.05) is 17.5 Å². The first-order valence-corrected chi connectivity index (χ1v) is 10.7. The largest absolute Gasteiger partial charge is 0.355 e. The average molecular weight is 390 g/mol. The lowest BCUT2D eigenvalue weighted by Gasteiger charge is -2.32. The van der Waals surface area contributed by atoms with Gasteiger partial charge in [0.15, 0.2) is 5.82 Å². The first kappa shape index (κ1) is 17.2. The van der Waals surface area contributed by atoms with Crippen molar-refractivity contribution >= 4 is 27.2 Å². The molecule has 1 fully saturated rings. The van der Waals surface area contributed by atoms with Gasteiger partial charge in [0.05, 0.1) is 10.6 Å². The van der Waals surface area contributed by atoms with Gasteiger partial charge in [0, 0.05) is 37.6 Å². The Kier molecular flexibility index (Phi) is 4.75. The molecule has 7 nitrogen and oxygen atoms in total. The maximum atomic E-state index is 12.4. The van der Waals surface area contributed by atoms with Crippen molar-refractivity contribution in [1.29, 1.82) is 0 Å². The molecule has 0 radical (unpaired) electrons. The summed E-state index contributed by atoms with van der Waals surface area (Å²) >= 11 is 1.67. The number of rotatable bonds is 5. The number of hydrogen-bond acceptors (Lipinski definition) is 6. The molecule has 4 rings (SSSR count). The summed E-state index contributed by atoms with van der Waals surface area (Å²) in [4.78, 5) is 7.42. The lowest BCUT2D eigenvalue weighted by Crippen LogP contribution is -2.44. The summed E-state index contributed by atoms with van der Waals surface area (Å²) in [5.41, 5.74) is 1.01. The zero-order chi connectivity index (χ0) is 18.0. The summed E-state index contributed by atoms with van der Waals surface area (Å²) in [5.74, 6) is 0.905. The molecule has 3 aromatic rings. The second-order valence-corrected chi connectivity index (χ2v) is 8.85. The monoisotopic (exact) mass is 389 g/mol. The van der Waals surface area contributed by atoms with Crippen molar-refractivity contribution in [2.24, 2.45) is 0 Å². The molecule has 26 heavy (non-hydrogen) atoms.